The average molecular weight is 739 g/mol. The Kier molecular flexibility index (Phi) is 12.0. The molecule has 1 fully saturated rings. The van der Waals surface area contributed by atoms with Gasteiger partial charge in [-0.05, 0) is 59.5 Å². The summed E-state index contributed by atoms with van der Waals surface area (Å²) < 4.78 is 68.5. The lowest BCUT2D eigenvalue weighted by molar-refractivity contribution is -0.145. The standard InChI is InChI=1S/C43H39F5N4O2/c1-30-10-16-35(41(45)40(30)44)29-50-23-25-51(26-24-50)42(54)38(27-32-7-3-2-4-8-32)52(28-33-11-17-34(18-12-33)37-9-5-6-22-49-37)39(53)21-15-31-13-19-36(20-14-31)43(46,47)48/h2-22,38H,23-29H2,1H3. The first-order chi connectivity index (χ1) is 26.0. The van der Waals surface area contributed by atoms with Crippen molar-refractivity contribution >= 4 is 17.9 Å². The minimum Gasteiger partial charge on any atom is -0.338 e. The van der Waals surface area contributed by atoms with Gasteiger partial charge in [0.2, 0.25) is 11.8 Å². The van der Waals surface area contributed by atoms with Crippen molar-refractivity contribution < 1.29 is 31.5 Å². The van der Waals surface area contributed by atoms with Crippen LogP contribution in [-0.2, 0) is 35.3 Å². The number of hydrogen-bond donors (Lipinski definition) is 0. The summed E-state index contributed by atoms with van der Waals surface area (Å²) in [5.41, 5.74) is 3.31. The molecule has 1 aliphatic heterocycles. The van der Waals surface area contributed by atoms with Gasteiger partial charge >= 0.3 is 6.18 Å². The van der Waals surface area contributed by atoms with Gasteiger partial charge in [-0.2, -0.15) is 13.2 Å². The number of aromatic nitrogens is 1. The summed E-state index contributed by atoms with van der Waals surface area (Å²) in [7, 11) is 0. The van der Waals surface area contributed by atoms with E-state index in [1.165, 1.54) is 36.1 Å². The van der Waals surface area contributed by atoms with E-state index >= 15 is 0 Å². The Morgan fingerprint density at radius 3 is 2.13 bits per heavy atom. The highest BCUT2D eigenvalue weighted by atomic mass is 19.4. The molecule has 54 heavy (non-hydrogen) atoms. The third-order valence-electron chi connectivity index (χ3n) is 9.57. The van der Waals surface area contributed by atoms with Gasteiger partial charge in [0.15, 0.2) is 11.6 Å². The second kappa shape index (κ2) is 17.0. The number of aryl methyl sites for hydroxylation is 1. The van der Waals surface area contributed by atoms with E-state index in [0.29, 0.717) is 31.7 Å². The Labute approximate surface area is 311 Å². The quantitative estimate of drug-likeness (QED) is 0.101. The minimum absolute atomic E-state index is 0.0696. The fraction of sp³-hybridized carbons (Fsp3) is 0.233. The van der Waals surface area contributed by atoms with Crippen molar-refractivity contribution in [3.63, 3.8) is 0 Å². The first kappa shape index (κ1) is 38.1. The summed E-state index contributed by atoms with van der Waals surface area (Å²) in [5, 5.41) is 0. The Bertz CT molecular complexity index is 2060. The molecule has 6 nitrogen and oxygen atoms in total. The summed E-state index contributed by atoms with van der Waals surface area (Å²) in [4.78, 5) is 38.3. The normalized spacial score (nSPS) is 14.3. The number of carbonyl (C=O) groups excluding carboxylic acids is 2. The lowest BCUT2D eigenvalue weighted by Gasteiger charge is -2.39. The first-order valence-electron chi connectivity index (χ1n) is 17.6. The molecule has 0 bridgehead atoms. The largest absolute Gasteiger partial charge is 0.416 e. The maximum atomic E-state index is 14.7. The third-order valence-corrected chi connectivity index (χ3v) is 9.57. The number of benzene rings is 4. The number of amides is 2. The van der Waals surface area contributed by atoms with Crippen molar-refractivity contribution in [1.82, 2.24) is 19.7 Å². The van der Waals surface area contributed by atoms with Gasteiger partial charge in [-0.25, -0.2) is 8.78 Å². The van der Waals surface area contributed by atoms with Crippen LogP contribution in [0.2, 0.25) is 0 Å². The summed E-state index contributed by atoms with van der Waals surface area (Å²) in [6.07, 6.45) is 0.136. The summed E-state index contributed by atoms with van der Waals surface area (Å²) in [5.74, 6) is -2.50. The molecule has 0 aliphatic carbocycles. The number of nitrogens with zero attached hydrogens (tertiary/aromatic N) is 4. The molecule has 278 valence electrons. The molecule has 1 aromatic heterocycles. The molecular formula is C43H39F5N4O2. The van der Waals surface area contributed by atoms with Gasteiger partial charge in [0.05, 0.1) is 11.3 Å². The van der Waals surface area contributed by atoms with Gasteiger partial charge in [0, 0.05) is 69.1 Å². The van der Waals surface area contributed by atoms with E-state index in [4.69, 9.17) is 0 Å². The van der Waals surface area contributed by atoms with Gasteiger partial charge in [-0.3, -0.25) is 19.5 Å². The van der Waals surface area contributed by atoms with Crippen molar-refractivity contribution in [3.05, 3.63) is 166 Å². The number of piperazine rings is 1. The summed E-state index contributed by atoms with van der Waals surface area (Å²) >= 11 is 0. The van der Waals surface area contributed by atoms with Crippen molar-refractivity contribution in [1.29, 1.82) is 0 Å². The van der Waals surface area contributed by atoms with Crippen LogP contribution in [0.25, 0.3) is 17.3 Å². The Morgan fingerprint density at radius 1 is 0.796 bits per heavy atom. The van der Waals surface area contributed by atoms with Crippen LogP contribution in [0, 0.1) is 18.6 Å². The Hall–Kier alpha value is -5.68. The average Bonchev–Trinajstić information content (AvgIpc) is 3.19. The van der Waals surface area contributed by atoms with E-state index < -0.39 is 35.3 Å². The van der Waals surface area contributed by atoms with Gasteiger partial charge in [0.25, 0.3) is 0 Å². The monoisotopic (exact) mass is 738 g/mol. The molecule has 1 saturated heterocycles. The van der Waals surface area contributed by atoms with E-state index in [-0.39, 0.29) is 36.5 Å². The van der Waals surface area contributed by atoms with Gasteiger partial charge in [-0.15, -0.1) is 0 Å². The minimum atomic E-state index is -4.49. The van der Waals surface area contributed by atoms with Crippen LogP contribution in [0.5, 0.6) is 0 Å². The zero-order chi connectivity index (χ0) is 38.2. The van der Waals surface area contributed by atoms with Gasteiger partial charge in [0.1, 0.15) is 6.04 Å². The SMILES string of the molecule is Cc1ccc(CN2CCN(C(=O)C(Cc3ccccc3)N(Cc3ccc(-c4ccccn4)cc3)C(=O)C=Cc3ccc(C(F)(F)F)cc3)CC2)c(F)c1F. The number of alkyl halides is 3. The van der Waals surface area contributed by atoms with Crippen molar-refractivity contribution in [2.24, 2.45) is 0 Å². The number of rotatable bonds is 11. The van der Waals surface area contributed by atoms with Crippen LogP contribution in [-0.4, -0.2) is 63.7 Å². The molecule has 1 aliphatic rings. The van der Waals surface area contributed by atoms with Crippen LogP contribution in [0.15, 0.2) is 121 Å². The van der Waals surface area contributed by atoms with Crippen molar-refractivity contribution in [2.75, 3.05) is 26.2 Å². The predicted octanol–water partition coefficient (Wildman–Crippen LogP) is 8.35. The molecule has 5 aromatic rings. The highest BCUT2D eigenvalue weighted by Gasteiger charge is 2.34. The number of halogens is 5. The third kappa shape index (κ3) is 9.45. The molecule has 1 atom stereocenters. The van der Waals surface area contributed by atoms with E-state index in [0.717, 1.165) is 34.5 Å². The molecule has 4 aromatic carbocycles. The molecule has 6 rings (SSSR count). The second-order valence-corrected chi connectivity index (χ2v) is 13.3. The lowest BCUT2D eigenvalue weighted by Crippen LogP contribution is -2.56. The smallest absolute Gasteiger partial charge is 0.338 e. The highest BCUT2D eigenvalue weighted by molar-refractivity contribution is 5.95. The molecule has 0 N–H and O–H groups in total. The molecule has 0 radical (unpaired) electrons. The van der Waals surface area contributed by atoms with Gasteiger partial charge in [-0.1, -0.05) is 84.9 Å². The summed E-state index contributed by atoms with van der Waals surface area (Å²) in [6, 6.07) is 29.2. The maximum absolute atomic E-state index is 14.7. The Balaban J connectivity index is 1.27. The number of carbonyl (C=O) groups is 2. The van der Waals surface area contributed by atoms with Crippen molar-refractivity contribution in [2.45, 2.75) is 38.7 Å². The fourth-order valence-corrected chi connectivity index (χ4v) is 6.45. The van der Waals surface area contributed by atoms with E-state index in [9.17, 15) is 31.5 Å². The number of hydrogen-bond acceptors (Lipinski definition) is 4. The van der Waals surface area contributed by atoms with Crippen molar-refractivity contribution in [3.8, 4) is 11.3 Å². The maximum Gasteiger partial charge on any atom is 0.416 e. The topological polar surface area (TPSA) is 56.8 Å². The van der Waals surface area contributed by atoms with Crippen LogP contribution >= 0.6 is 0 Å². The molecular weight excluding hydrogens is 699 g/mol. The summed E-state index contributed by atoms with van der Waals surface area (Å²) in [6.45, 7) is 3.20. The van der Waals surface area contributed by atoms with E-state index in [1.54, 1.807) is 23.2 Å². The molecule has 1 unspecified atom stereocenters. The Morgan fingerprint density at radius 2 is 1.48 bits per heavy atom. The first-order valence-corrected chi connectivity index (χ1v) is 17.6. The zero-order valence-electron chi connectivity index (χ0n) is 29.6. The van der Waals surface area contributed by atoms with Gasteiger partial charge < -0.3 is 9.80 Å². The molecule has 2 heterocycles. The molecule has 0 saturated carbocycles. The van der Waals surface area contributed by atoms with E-state index in [2.05, 4.69) is 4.98 Å². The molecule has 0 spiro atoms. The number of pyridine rings is 1. The fourth-order valence-electron chi connectivity index (χ4n) is 6.45. The lowest BCUT2D eigenvalue weighted by atomic mass is 10.0. The van der Waals surface area contributed by atoms with Crippen LogP contribution < -0.4 is 0 Å². The van der Waals surface area contributed by atoms with E-state index in [1.807, 2.05) is 77.7 Å². The highest BCUT2D eigenvalue weighted by Crippen LogP contribution is 2.29. The molecule has 11 heteroatoms. The van der Waals surface area contributed by atoms with Crippen LogP contribution in [0.4, 0.5) is 22.0 Å². The molecule has 2 amide bonds. The predicted molar refractivity (Wildman–Crippen MR) is 198 cm³/mol. The van der Waals surface area contributed by atoms with Crippen LogP contribution in [0.3, 0.4) is 0 Å². The second-order valence-electron chi connectivity index (χ2n) is 13.3. The zero-order valence-corrected chi connectivity index (χ0v) is 29.6. The van der Waals surface area contributed by atoms with Crippen LogP contribution in [0.1, 0.15) is 33.4 Å².